The molecule has 102 valence electrons. The molecule has 0 aliphatic heterocycles. The summed E-state index contributed by atoms with van der Waals surface area (Å²) in [5.41, 5.74) is 9.67. The van der Waals surface area contributed by atoms with Gasteiger partial charge in [0.2, 0.25) is 0 Å². The van der Waals surface area contributed by atoms with Crippen molar-refractivity contribution in [2.75, 3.05) is 11.9 Å². The number of hydrogen-bond acceptors (Lipinski definition) is 3. The van der Waals surface area contributed by atoms with E-state index in [9.17, 15) is 0 Å². The van der Waals surface area contributed by atoms with Crippen molar-refractivity contribution in [1.29, 1.82) is 0 Å². The molecular weight excluding hydrogens is 320 g/mol. The topological polar surface area (TPSA) is 29.3 Å². The molecule has 2 nitrogen and oxygen atoms in total. The molecule has 0 spiro atoms. The molecule has 19 heavy (non-hydrogen) atoms. The van der Waals surface area contributed by atoms with Crippen molar-refractivity contribution in [3.05, 3.63) is 50.6 Å². The Morgan fingerprint density at radius 3 is 2.68 bits per heavy atom. The zero-order chi connectivity index (χ0) is 13.8. The number of rotatable bonds is 5. The van der Waals surface area contributed by atoms with Crippen molar-refractivity contribution in [2.24, 2.45) is 5.73 Å². The van der Waals surface area contributed by atoms with Gasteiger partial charge in [-0.05, 0) is 69.4 Å². The second kappa shape index (κ2) is 6.55. The minimum Gasteiger partial charge on any atom is -0.369 e. The Balaban J connectivity index is 2.11. The lowest BCUT2D eigenvalue weighted by Gasteiger charge is -2.21. The van der Waals surface area contributed by atoms with Crippen LogP contribution in [0.5, 0.6) is 0 Å². The predicted molar refractivity (Wildman–Crippen MR) is 87.9 cm³/mol. The molecular formula is C15H19BrN2S. The molecule has 1 aromatic carbocycles. The van der Waals surface area contributed by atoms with Crippen molar-refractivity contribution in [1.82, 2.24) is 0 Å². The summed E-state index contributed by atoms with van der Waals surface area (Å²) in [4.78, 5) is 2.25. The Labute approximate surface area is 127 Å². The summed E-state index contributed by atoms with van der Waals surface area (Å²) >= 11 is 5.40. The first-order valence-corrected chi connectivity index (χ1v) is 8.06. The predicted octanol–water partition coefficient (Wildman–Crippen LogP) is 4.04. The molecule has 0 amide bonds. The van der Waals surface area contributed by atoms with Gasteiger partial charge in [0.05, 0.1) is 5.69 Å². The van der Waals surface area contributed by atoms with E-state index >= 15 is 0 Å². The third-order valence-corrected chi connectivity index (χ3v) is 4.35. The van der Waals surface area contributed by atoms with Crippen LogP contribution < -0.4 is 10.6 Å². The van der Waals surface area contributed by atoms with Crippen LogP contribution in [0.2, 0.25) is 0 Å². The normalized spacial score (nSPS) is 12.4. The number of benzene rings is 1. The first-order chi connectivity index (χ1) is 9.06. The van der Waals surface area contributed by atoms with E-state index in [4.69, 9.17) is 5.73 Å². The maximum absolute atomic E-state index is 5.84. The smallest absolute Gasteiger partial charge is 0.0511 e. The molecule has 1 atom stereocenters. The van der Waals surface area contributed by atoms with Gasteiger partial charge in [0, 0.05) is 24.1 Å². The van der Waals surface area contributed by atoms with E-state index in [0.717, 1.165) is 17.4 Å². The Kier molecular flexibility index (Phi) is 5.02. The third-order valence-electron chi connectivity index (χ3n) is 2.98. The quantitative estimate of drug-likeness (QED) is 0.891. The maximum atomic E-state index is 5.84. The number of anilines is 1. The second-order valence-corrected chi connectivity index (χ2v) is 6.59. The number of halogens is 1. The van der Waals surface area contributed by atoms with Crippen LogP contribution in [0.1, 0.15) is 18.1 Å². The van der Waals surface area contributed by atoms with E-state index in [1.807, 2.05) is 6.92 Å². The van der Waals surface area contributed by atoms with Crippen LogP contribution in [0.3, 0.4) is 0 Å². The standard InChI is InChI=1S/C15H19BrN2S/c1-11(17)7-12-3-4-15(14(16)8-12)18(2)9-13-5-6-19-10-13/h3-6,8,10-11H,7,9,17H2,1-2H3. The van der Waals surface area contributed by atoms with Gasteiger partial charge in [0.1, 0.15) is 0 Å². The fourth-order valence-electron chi connectivity index (χ4n) is 2.10. The summed E-state index contributed by atoms with van der Waals surface area (Å²) < 4.78 is 1.13. The minimum absolute atomic E-state index is 0.196. The van der Waals surface area contributed by atoms with Crippen LogP contribution in [-0.4, -0.2) is 13.1 Å². The van der Waals surface area contributed by atoms with Gasteiger partial charge in [-0.15, -0.1) is 0 Å². The van der Waals surface area contributed by atoms with Crippen molar-refractivity contribution in [3.63, 3.8) is 0 Å². The van der Waals surface area contributed by atoms with Gasteiger partial charge >= 0.3 is 0 Å². The fourth-order valence-corrected chi connectivity index (χ4v) is 3.49. The van der Waals surface area contributed by atoms with Crippen LogP contribution in [0.25, 0.3) is 0 Å². The highest BCUT2D eigenvalue weighted by Crippen LogP contribution is 2.28. The summed E-state index contributed by atoms with van der Waals surface area (Å²) in [6.07, 6.45) is 0.910. The molecule has 0 saturated carbocycles. The van der Waals surface area contributed by atoms with Gasteiger partial charge in [-0.1, -0.05) is 6.07 Å². The van der Waals surface area contributed by atoms with E-state index in [0.29, 0.717) is 0 Å². The Hall–Kier alpha value is -0.840. The van der Waals surface area contributed by atoms with Crippen LogP contribution >= 0.6 is 27.3 Å². The highest BCUT2D eigenvalue weighted by Gasteiger charge is 2.08. The monoisotopic (exact) mass is 338 g/mol. The zero-order valence-electron chi connectivity index (χ0n) is 11.3. The zero-order valence-corrected chi connectivity index (χ0v) is 13.7. The molecule has 1 unspecified atom stereocenters. The fraction of sp³-hybridized carbons (Fsp3) is 0.333. The molecule has 0 aliphatic rings. The summed E-state index contributed by atoms with van der Waals surface area (Å²) in [5, 5.41) is 4.30. The van der Waals surface area contributed by atoms with E-state index < -0.39 is 0 Å². The number of thiophene rings is 1. The average molecular weight is 339 g/mol. The molecule has 4 heteroatoms. The van der Waals surface area contributed by atoms with Gasteiger partial charge in [0.15, 0.2) is 0 Å². The first-order valence-electron chi connectivity index (χ1n) is 6.32. The largest absolute Gasteiger partial charge is 0.369 e. The van der Waals surface area contributed by atoms with E-state index in [2.05, 4.69) is 62.9 Å². The average Bonchev–Trinajstić information content (AvgIpc) is 2.80. The van der Waals surface area contributed by atoms with E-state index in [1.54, 1.807) is 11.3 Å². The lowest BCUT2D eigenvalue weighted by atomic mass is 10.1. The molecule has 0 fully saturated rings. The molecule has 0 saturated heterocycles. The molecule has 2 aromatic rings. The Morgan fingerprint density at radius 2 is 2.11 bits per heavy atom. The van der Waals surface area contributed by atoms with Crippen molar-refractivity contribution >= 4 is 33.0 Å². The molecule has 2 rings (SSSR count). The van der Waals surface area contributed by atoms with Gasteiger partial charge in [-0.25, -0.2) is 0 Å². The minimum atomic E-state index is 0.196. The second-order valence-electron chi connectivity index (χ2n) is 4.95. The molecule has 0 bridgehead atoms. The highest BCUT2D eigenvalue weighted by molar-refractivity contribution is 9.10. The van der Waals surface area contributed by atoms with Crippen molar-refractivity contribution in [3.8, 4) is 0 Å². The molecule has 0 radical (unpaired) electrons. The summed E-state index contributed by atoms with van der Waals surface area (Å²) in [6, 6.07) is 8.85. The first kappa shape index (κ1) is 14.6. The van der Waals surface area contributed by atoms with Gasteiger partial charge in [0.25, 0.3) is 0 Å². The SMILES string of the molecule is CC(N)Cc1ccc(N(C)Cc2ccsc2)c(Br)c1. The summed E-state index contributed by atoms with van der Waals surface area (Å²) in [7, 11) is 2.11. The molecule has 0 aliphatic carbocycles. The maximum Gasteiger partial charge on any atom is 0.0511 e. The van der Waals surface area contributed by atoms with E-state index in [1.165, 1.54) is 16.8 Å². The van der Waals surface area contributed by atoms with Crippen molar-refractivity contribution in [2.45, 2.75) is 25.9 Å². The highest BCUT2D eigenvalue weighted by atomic mass is 79.9. The van der Waals surface area contributed by atoms with Gasteiger partial charge in [-0.2, -0.15) is 11.3 Å². The van der Waals surface area contributed by atoms with Crippen LogP contribution in [0.15, 0.2) is 39.5 Å². The lowest BCUT2D eigenvalue weighted by molar-refractivity contribution is 0.737. The van der Waals surface area contributed by atoms with Crippen LogP contribution in [0.4, 0.5) is 5.69 Å². The van der Waals surface area contributed by atoms with Crippen LogP contribution in [0, 0.1) is 0 Å². The molecule has 1 heterocycles. The Morgan fingerprint density at radius 1 is 1.32 bits per heavy atom. The molecule has 2 N–H and O–H groups in total. The number of nitrogens with two attached hydrogens (primary N) is 1. The third kappa shape index (κ3) is 4.06. The van der Waals surface area contributed by atoms with Gasteiger partial charge in [-0.3, -0.25) is 0 Å². The van der Waals surface area contributed by atoms with Crippen molar-refractivity contribution < 1.29 is 0 Å². The number of nitrogens with zero attached hydrogens (tertiary/aromatic N) is 1. The summed E-state index contributed by atoms with van der Waals surface area (Å²) in [5.74, 6) is 0. The van der Waals surface area contributed by atoms with Crippen LogP contribution in [-0.2, 0) is 13.0 Å². The molecule has 1 aromatic heterocycles. The van der Waals surface area contributed by atoms with E-state index in [-0.39, 0.29) is 6.04 Å². The van der Waals surface area contributed by atoms with Gasteiger partial charge < -0.3 is 10.6 Å². The summed E-state index contributed by atoms with van der Waals surface area (Å²) in [6.45, 7) is 2.96. The Bertz CT molecular complexity index is 523. The number of hydrogen-bond donors (Lipinski definition) is 1. The lowest BCUT2D eigenvalue weighted by Crippen LogP contribution is -2.19.